The van der Waals surface area contributed by atoms with Crippen LogP contribution >= 0.6 is 31.9 Å². The number of benzene rings is 1. The Balaban J connectivity index is 3.41. The standard InChI is InChI=1S/C11H4Br2FN3O2/c12-6-1-7(13)10(8(9(6)14)11(18)19)17-4-5(2-15)3-16/h1,4,17H,(H,18,19). The lowest BCUT2D eigenvalue weighted by Crippen LogP contribution is -2.07. The molecule has 0 heterocycles. The molecule has 5 nitrogen and oxygen atoms in total. The zero-order valence-corrected chi connectivity index (χ0v) is 12.2. The van der Waals surface area contributed by atoms with E-state index in [2.05, 4.69) is 37.2 Å². The van der Waals surface area contributed by atoms with Crippen molar-refractivity contribution in [3.8, 4) is 12.1 Å². The number of carboxylic acids is 1. The molecule has 19 heavy (non-hydrogen) atoms. The zero-order chi connectivity index (χ0) is 14.6. The van der Waals surface area contributed by atoms with E-state index < -0.39 is 17.3 Å². The molecule has 0 unspecified atom stereocenters. The van der Waals surface area contributed by atoms with Crippen LogP contribution in [-0.2, 0) is 0 Å². The topological polar surface area (TPSA) is 96.9 Å². The maximum Gasteiger partial charge on any atom is 0.340 e. The maximum atomic E-state index is 13.7. The Hall–Kier alpha value is -1.90. The van der Waals surface area contributed by atoms with Crippen LogP contribution in [-0.4, -0.2) is 11.1 Å². The average Bonchev–Trinajstić information content (AvgIpc) is 2.35. The molecule has 0 atom stereocenters. The number of halogens is 3. The highest BCUT2D eigenvalue weighted by Gasteiger charge is 2.21. The number of nitriles is 2. The molecule has 0 aromatic heterocycles. The number of hydrogen-bond donors (Lipinski definition) is 2. The summed E-state index contributed by atoms with van der Waals surface area (Å²) >= 11 is 5.97. The maximum absolute atomic E-state index is 13.7. The van der Waals surface area contributed by atoms with Gasteiger partial charge in [-0.05, 0) is 37.9 Å². The molecule has 0 aliphatic rings. The van der Waals surface area contributed by atoms with E-state index in [0.29, 0.717) is 0 Å². The number of nitrogens with zero attached hydrogens (tertiary/aromatic N) is 2. The Morgan fingerprint density at radius 1 is 1.37 bits per heavy atom. The van der Waals surface area contributed by atoms with Crippen molar-refractivity contribution in [3.63, 3.8) is 0 Å². The lowest BCUT2D eigenvalue weighted by Gasteiger charge is -2.10. The molecule has 96 valence electrons. The fraction of sp³-hybridized carbons (Fsp3) is 0. The van der Waals surface area contributed by atoms with Gasteiger partial charge in [-0.15, -0.1) is 0 Å². The summed E-state index contributed by atoms with van der Waals surface area (Å²) in [6.07, 6.45) is 1.000. The van der Waals surface area contributed by atoms with Crippen LogP contribution in [0.5, 0.6) is 0 Å². The van der Waals surface area contributed by atoms with Crippen LogP contribution in [0.4, 0.5) is 10.1 Å². The van der Waals surface area contributed by atoms with Gasteiger partial charge in [0.25, 0.3) is 0 Å². The second kappa shape index (κ2) is 6.32. The largest absolute Gasteiger partial charge is 0.478 e. The van der Waals surface area contributed by atoms with Crippen LogP contribution in [0.15, 0.2) is 26.8 Å². The number of rotatable bonds is 3. The molecule has 1 rings (SSSR count). The third-order valence-corrected chi connectivity index (χ3v) is 3.19. The highest BCUT2D eigenvalue weighted by Crippen LogP contribution is 2.34. The van der Waals surface area contributed by atoms with E-state index in [1.807, 2.05) is 0 Å². The van der Waals surface area contributed by atoms with E-state index in [1.54, 1.807) is 12.1 Å². The van der Waals surface area contributed by atoms with Crippen molar-refractivity contribution in [2.75, 3.05) is 5.32 Å². The van der Waals surface area contributed by atoms with Gasteiger partial charge in [0.1, 0.15) is 23.3 Å². The van der Waals surface area contributed by atoms with Crippen LogP contribution in [0.3, 0.4) is 0 Å². The number of nitrogens with one attached hydrogen (secondary N) is 1. The minimum absolute atomic E-state index is 0.0212. The van der Waals surface area contributed by atoms with Gasteiger partial charge in [-0.3, -0.25) is 0 Å². The highest BCUT2D eigenvalue weighted by atomic mass is 79.9. The summed E-state index contributed by atoms with van der Waals surface area (Å²) in [5, 5.41) is 28.6. The van der Waals surface area contributed by atoms with Gasteiger partial charge in [0, 0.05) is 10.7 Å². The second-order valence-corrected chi connectivity index (χ2v) is 4.84. The zero-order valence-electron chi connectivity index (χ0n) is 9.04. The summed E-state index contributed by atoms with van der Waals surface area (Å²) in [5.41, 5.74) is -0.963. The van der Waals surface area contributed by atoms with Crippen molar-refractivity contribution in [3.05, 3.63) is 38.2 Å². The second-order valence-electron chi connectivity index (χ2n) is 3.14. The molecule has 0 amide bonds. The van der Waals surface area contributed by atoms with Gasteiger partial charge >= 0.3 is 5.97 Å². The van der Waals surface area contributed by atoms with Gasteiger partial charge < -0.3 is 10.4 Å². The Morgan fingerprint density at radius 2 is 1.95 bits per heavy atom. The summed E-state index contributed by atoms with van der Waals surface area (Å²) in [4.78, 5) is 11.1. The molecule has 1 aromatic rings. The summed E-state index contributed by atoms with van der Waals surface area (Å²) in [6.45, 7) is 0. The summed E-state index contributed by atoms with van der Waals surface area (Å²) in [5.74, 6) is -2.44. The van der Waals surface area contributed by atoms with E-state index in [-0.39, 0.29) is 20.2 Å². The molecular formula is C11H4Br2FN3O2. The molecule has 8 heteroatoms. The van der Waals surface area contributed by atoms with Gasteiger partial charge in [-0.2, -0.15) is 10.5 Å². The normalized spacial score (nSPS) is 9.11. The predicted octanol–water partition coefficient (Wildman–Crippen LogP) is 3.39. The quantitative estimate of drug-likeness (QED) is 0.611. The Morgan fingerprint density at radius 3 is 2.42 bits per heavy atom. The van der Waals surface area contributed by atoms with Crippen molar-refractivity contribution in [2.45, 2.75) is 0 Å². The molecule has 0 aliphatic heterocycles. The van der Waals surface area contributed by atoms with Crippen molar-refractivity contribution >= 4 is 43.5 Å². The number of anilines is 1. The summed E-state index contributed by atoms with van der Waals surface area (Å²) < 4.78 is 14.0. The third-order valence-electron chi connectivity index (χ3n) is 1.99. The van der Waals surface area contributed by atoms with E-state index in [1.165, 1.54) is 6.07 Å². The Labute approximate surface area is 124 Å². The van der Waals surface area contributed by atoms with Crippen molar-refractivity contribution in [1.82, 2.24) is 0 Å². The number of aromatic carboxylic acids is 1. The molecule has 0 spiro atoms. The fourth-order valence-electron chi connectivity index (χ4n) is 1.17. The van der Waals surface area contributed by atoms with Crippen LogP contribution in [0.1, 0.15) is 10.4 Å². The van der Waals surface area contributed by atoms with Gasteiger partial charge in [0.05, 0.1) is 10.2 Å². The predicted molar refractivity (Wildman–Crippen MR) is 71.7 cm³/mol. The molecule has 0 radical (unpaired) electrons. The van der Waals surface area contributed by atoms with Gasteiger partial charge in [-0.25, -0.2) is 9.18 Å². The lowest BCUT2D eigenvalue weighted by atomic mass is 10.1. The molecule has 0 aliphatic carbocycles. The minimum atomic E-state index is -1.48. The van der Waals surface area contributed by atoms with Gasteiger partial charge in [0.15, 0.2) is 5.82 Å². The van der Waals surface area contributed by atoms with Gasteiger partial charge in [0.2, 0.25) is 0 Å². The number of hydrogen-bond acceptors (Lipinski definition) is 4. The molecule has 0 saturated heterocycles. The minimum Gasteiger partial charge on any atom is -0.478 e. The molecule has 0 fully saturated rings. The molecule has 0 bridgehead atoms. The van der Waals surface area contributed by atoms with Crippen molar-refractivity contribution in [1.29, 1.82) is 10.5 Å². The first kappa shape index (κ1) is 15.2. The molecule has 0 saturated carbocycles. The molecule has 2 N–H and O–H groups in total. The Kier molecular flexibility index (Phi) is 5.04. The van der Waals surface area contributed by atoms with E-state index in [4.69, 9.17) is 15.6 Å². The monoisotopic (exact) mass is 387 g/mol. The first-order valence-corrected chi connectivity index (χ1v) is 6.18. The van der Waals surface area contributed by atoms with E-state index >= 15 is 0 Å². The van der Waals surface area contributed by atoms with Crippen molar-refractivity contribution in [2.24, 2.45) is 0 Å². The van der Waals surface area contributed by atoms with Crippen LogP contribution in [0.2, 0.25) is 0 Å². The summed E-state index contributed by atoms with van der Waals surface area (Å²) in [7, 11) is 0. The third kappa shape index (κ3) is 3.31. The average molecular weight is 389 g/mol. The lowest BCUT2D eigenvalue weighted by molar-refractivity contribution is 0.0693. The number of carbonyl (C=O) groups is 1. The van der Waals surface area contributed by atoms with Crippen LogP contribution < -0.4 is 5.32 Å². The first-order valence-electron chi connectivity index (χ1n) is 4.60. The van der Waals surface area contributed by atoms with Crippen LogP contribution in [0, 0.1) is 28.5 Å². The smallest absolute Gasteiger partial charge is 0.340 e. The summed E-state index contributed by atoms with van der Waals surface area (Å²) in [6, 6.07) is 4.49. The number of carboxylic acid groups (broad SMARTS) is 1. The highest BCUT2D eigenvalue weighted by molar-refractivity contribution is 9.11. The fourth-order valence-corrected chi connectivity index (χ4v) is 2.45. The SMILES string of the molecule is N#CC(C#N)=CNc1c(Br)cc(Br)c(F)c1C(=O)O. The Bertz CT molecular complexity index is 643. The number of allylic oxidation sites excluding steroid dienone is 1. The molecule has 1 aromatic carbocycles. The van der Waals surface area contributed by atoms with E-state index in [9.17, 15) is 9.18 Å². The van der Waals surface area contributed by atoms with Gasteiger partial charge in [-0.1, -0.05) is 0 Å². The molecular weight excluding hydrogens is 385 g/mol. The first-order chi connectivity index (χ1) is 8.92. The van der Waals surface area contributed by atoms with Crippen LogP contribution in [0.25, 0.3) is 0 Å². The van der Waals surface area contributed by atoms with Crippen molar-refractivity contribution < 1.29 is 14.3 Å². The van der Waals surface area contributed by atoms with E-state index in [0.717, 1.165) is 6.20 Å².